The molecule has 3 nitrogen and oxygen atoms in total. The van der Waals surface area contributed by atoms with Gasteiger partial charge in [-0.3, -0.25) is 0 Å². The van der Waals surface area contributed by atoms with Gasteiger partial charge in [-0.2, -0.15) is 0 Å². The zero-order valence-electron chi connectivity index (χ0n) is 17.7. The number of benzene rings is 5. The molecule has 0 saturated heterocycles. The van der Waals surface area contributed by atoms with Gasteiger partial charge in [0, 0.05) is 21.9 Å². The van der Waals surface area contributed by atoms with E-state index in [-0.39, 0.29) is 0 Å². The summed E-state index contributed by atoms with van der Waals surface area (Å²) in [5.41, 5.74) is 7.30. The largest absolute Gasteiger partial charge is 0.456 e. The van der Waals surface area contributed by atoms with Crippen LogP contribution in [0.4, 0.5) is 0 Å². The van der Waals surface area contributed by atoms with Crippen LogP contribution < -0.4 is 0 Å². The Morgan fingerprint density at radius 2 is 1.18 bits per heavy atom. The van der Waals surface area contributed by atoms with E-state index in [9.17, 15) is 0 Å². The van der Waals surface area contributed by atoms with Gasteiger partial charge in [0.1, 0.15) is 11.2 Å². The molecule has 2 heterocycles. The van der Waals surface area contributed by atoms with Crippen LogP contribution in [0.5, 0.6) is 0 Å². The Bertz CT molecular complexity index is 1820. The molecule has 0 amide bonds. The number of fused-ring (bicyclic) bond motifs is 5. The summed E-state index contributed by atoms with van der Waals surface area (Å²) in [4.78, 5) is 10.2. The SMILES string of the molecule is c1ccc(-c2nc3ccccc3nc2-c2cccc3oc4cc5ccccc5cc4c23)cc1. The molecule has 154 valence electrons. The molecule has 0 aliphatic carbocycles. The predicted molar refractivity (Wildman–Crippen MR) is 135 cm³/mol. The van der Waals surface area contributed by atoms with E-state index >= 15 is 0 Å². The number of para-hydroxylation sites is 2. The van der Waals surface area contributed by atoms with E-state index in [0.717, 1.165) is 55.5 Å². The Labute approximate surface area is 190 Å². The second-order valence-corrected chi connectivity index (χ2v) is 8.25. The second kappa shape index (κ2) is 7.01. The fourth-order valence-electron chi connectivity index (χ4n) is 4.69. The monoisotopic (exact) mass is 422 g/mol. The molecule has 0 N–H and O–H groups in total. The first kappa shape index (κ1) is 18.1. The molecule has 2 aromatic heterocycles. The van der Waals surface area contributed by atoms with Crippen LogP contribution in [0.1, 0.15) is 0 Å². The average molecular weight is 422 g/mol. The van der Waals surface area contributed by atoms with Gasteiger partial charge in [0.25, 0.3) is 0 Å². The third kappa shape index (κ3) is 2.83. The van der Waals surface area contributed by atoms with Gasteiger partial charge in [-0.25, -0.2) is 9.97 Å². The van der Waals surface area contributed by atoms with E-state index in [1.54, 1.807) is 0 Å². The number of hydrogen-bond donors (Lipinski definition) is 0. The minimum absolute atomic E-state index is 0.853. The first-order chi connectivity index (χ1) is 16.3. The number of furan rings is 1. The highest BCUT2D eigenvalue weighted by Gasteiger charge is 2.19. The summed E-state index contributed by atoms with van der Waals surface area (Å²) in [7, 11) is 0. The molecule has 7 aromatic rings. The van der Waals surface area contributed by atoms with E-state index in [4.69, 9.17) is 14.4 Å². The molecule has 0 aliphatic rings. The summed E-state index contributed by atoms with van der Waals surface area (Å²) in [5.74, 6) is 0. The van der Waals surface area contributed by atoms with Gasteiger partial charge in [-0.05, 0) is 41.1 Å². The summed E-state index contributed by atoms with van der Waals surface area (Å²) < 4.78 is 6.31. The summed E-state index contributed by atoms with van der Waals surface area (Å²) >= 11 is 0. The molecule has 0 fully saturated rings. The van der Waals surface area contributed by atoms with Crippen LogP contribution in [-0.2, 0) is 0 Å². The van der Waals surface area contributed by atoms with Crippen molar-refractivity contribution in [2.75, 3.05) is 0 Å². The summed E-state index contributed by atoms with van der Waals surface area (Å²) in [6.45, 7) is 0. The van der Waals surface area contributed by atoms with Crippen molar-refractivity contribution in [3.63, 3.8) is 0 Å². The standard InChI is InChI=1S/C30H18N2O/c1-2-9-19(10-3-1)29-30(32-25-15-7-6-14-24(25)31-29)22-13-8-16-26-28(22)23-17-20-11-4-5-12-21(20)18-27(23)33-26/h1-18H. The molecule has 0 radical (unpaired) electrons. The molecular formula is C30H18N2O. The Hall–Kier alpha value is -4.50. The molecule has 0 atom stereocenters. The van der Waals surface area contributed by atoms with Crippen molar-refractivity contribution < 1.29 is 4.42 Å². The van der Waals surface area contributed by atoms with Crippen LogP contribution in [0.25, 0.3) is 66.3 Å². The summed E-state index contributed by atoms with van der Waals surface area (Å²) in [5, 5.41) is 4.52. The molecule has 3 heteroatoms. The fourth-order valence-corrected chi connectivity index (χ4v) is 4.69. The van der Waals surface area contributed by atoms with Gasteiger partial charge in [-0.1, -0.05) is 78.9 Å². The van der Waals surface area contributed by atoms with Crippen LogP contribution in [0.3, 0.4) is 0 Å². The van der Waals surface area contributed by atoms with Crippen molar-refractivity contribution in [3.05, 3.63) is 109 Å². The summed E-state index contributed by atoms with van der Waals surface area (Å²) in [6.07, 6.45) is 0. The lowest BCUT2D eigenvalue weighted by Gasteiger charge is -2.11. The Kier molecular flexibility index (Phi) is 3.84. The topological polar surface area (TPSA) is 38.9 Å². The van der Waals surface area contributed by atoms with E-state index in [1.807, 2.05) is 54.6 Å². The molecule has 0 saturated carbocycles. The van der Waals surface area contributed by atoms with Gasteiger partial charge in [0.05, 0.1) is 22.4 Å². The van der Waals surface area contributed by atoms with Crippen LogP contribution >= 0.6 is 0 Å². The fraction of sp³-hybridized carbons (Fsp3) is 0. The van der Waals surface area contributed by atoms with Crippen molar-refractivity contribution in [1.82, 2.24) is 9.97 Å². The number of rotatable bonds is 2. The molecule has 0 unspecified atom stereocenters. The third-order valence-electron chi connectivity index (χ3n) is 6.24. The van der Waals surface area contributed by atoms with Crippen molar-refractivity contribution in [3.8, 4) is 22.5 Å². The zero-order chi connectivity index (χ0) is 21.8. The Morgan fingerprint density at radius 1 is 0.515 bits per heavy atom. The Balaban J connectivity index is 1.61. The van der Waals surface area contributed by atoms with Crippen LogP contribution in [0.2, 0.25) is 0 Å². The first-order valence-electron chi connectivity index (χ1n) is 11.0. The van der Waals surface area contributed by atoms with Gasteiger partial charge in [0.15, 0.2) is 0 Å². The third-order valence-corrected chi connectivity index (χ3v) is 6.24. The molecule has 33 heavy (non-hydrogen) atoms. The van der Waals surface area contributed by atoms with Crippen LogP contribution in [0, 0.1) is 0 Å². The van der Waals surface area contributed by atoms with Gasteiger partial charge in [-0.15, -0.1) is 0 Å². The number of aromatic nitrogens is 2. The lowest BCUT2D eigenvalue weighted by Crippen LogP contribution is -1.95. The molecule has 7 rings (SSSR count). The predicted octanol–water partition coefficient (Wildman–Crippen LogP) is 8.02. The van der Waals surface area contributed by atoms with E-state index in [1.165, 1.54) is 10.8 Å². The minimum Gasteiger partial charge on any atom is -0.456 e. The lowest BCUT2D eigenvalue weighted by atomic mass is 9.98. The highest BCUT2D eigenvalue weighted by molar-refractivity contribution is 6.16. The average Bonchev–Trinajstić information content (AvgIpc) is 3.24. The normalized spacial score (nSPS) is 11.6. The number of hydrogen-bond acceptors (Lipinski definition) is 3. The van der Waals surface area contributed by atoms with E-state index < -0.39 is 0 Å². The van der Waals surface area contributed by atoms with Crippen molar-refractivity contribution >= 4 is 43.7 Å². The smallest absolute Gasteiger partial charge is 0.136 e. The molecular weight excluding hydrogens is 404 g/mol. The van der Waals surface area contributed by atoms with Crippen molar-refractivity contribution in [2.24, 2.45) is 0 Å². The molecule has 0 spiro atoms. The van der Waals surface area contributed by atoms with Crippen molar-refractivity contribution in [1.29, 1.82) is 0 Å². The van der Waals surface area contributed by atoms with E-state index in [0.29, 0.717) is 0 Å². The maximum Gasteiger partial charge on any atom is 0.136 e. The molecule has 0 aliphatic heterocycles. The lowest BCUT2D eigenvalue weighted by molar-refractivity contribution is 0.669. The molecule has 0 bridgehead atoms. The van der Waals surface area contributed by atoms with Gasteiger partial charge < -0.3 is 4.42 Å². The maximum absolute atomic E-state index is 6.31. The quantitative estimate of drug-likeness (QED) is 0.283. The van der Waals surface area contributed by atoms with Gasteiger partial charge in [0.2, 0.25) is 0 Å². The second-order valence-electron chi connectivity index (χ2n) is 8.25. The highest BCUT2D eigenvalue weighted by atomic mass is 16.3. The van der Waals surface area contributed by atoms with Crippen molar-refractivity contribution in [2.45, 2.75) is 0 Å². The molecule has 5 aromatic carbocycles. The maximum atomic E-state index is 6.31. The number of nitrogens with zero attached hydrogens (tertiary/aromatic N) is 2. The minimum atomic E-state index is 0.853. The first-order valence-corrected chi connectivity index (χ1v) is 11.0. The summed E-state index contributed by atoms with van der Waals surface area (Å²) in [6, 6.07) is 37.2. The highest BCUT2D eigenvalue weighted by Crippen LogP contribution is 2.40. The van der Waals surface area contributed by atoms with E-state index in [2.05, 4.69) is 54.6 Å². The van der Waals surface area contributed by atoms with Crippen LogP contribution in [0.15, 0.2) is 114 Å². The Morgan fingerprint density at radius 3 is 1.97 bits per heavy atom. The van der Waals surface area contributed by atoms with Crippen LogP contribution in [-0.4, -0.2) is 9.97 Å². The van der Waals surface area contributed by atoms with Gasteiger partial charge >= 0.3 is 0 Å². The zero-order valence-corrected chi connectivity index (χ0v) is 17.7.